The predicted molar refractivity (Wildman–Crippen MR) is 110 cm³/mol. The van der Waals surface area contributed by atoms with Gasteiger partial charge >= 0.3 is 0 Å². The van der Waals surface area contributed by atoms with Crippen molar-refractivity contribution in [3.05, 3.63) is 30.1 Å². The van der Waals surface area contributed by atoms with E-state index in [-0.39, 0.29) is 22.9 Å². The molecule has 1 amide bonds. The lowest BCUT2D eigenvalue weighted by Crippen LogP contribution is -2.56. The Hall–Kier alpha value is -1.51. The predicted octanol–water partition coefficient (Wildman–Crippen LogP) is 2.46. The van der Waals surface area contributed by atoms with E-state index >= 15 is 0 Å². The van der Waals surface area contributed by atoms with E-state index in [1.165, 1.54) is 22.9 Å². The molecule has 162 valence electrons. The van der Waals surface area contributed by atoms with Gasteiger partial charge < -0.3 is 5.32 Å². The highest BCUT2D eigenvalue weighted by molar-refractivity contribution is 7.89. The molecular weight excluding hydrogens is 393 g/mol. The summed E-state index contributed by atoms with van der Waals surface area (Å²) in [6.07, 6.45) is 3.38. The van der Waals surface area contributed by atoms with E-state index in [2.05, 4.69) is 19.2 Å². The van der Waals surface area contributed by atoms with Crippen molar-refractivity contribution in [2.24, 2.45) is 11.8 Å². The van der Waals surface area contributed by atoms with Gasteiger partial charge in [0.05, 0.1) is 10.9 Å². The third-order valence-electron chi connectivity index (χ3n) is 6.69. The van der Waals surface area contributed by atoms with E-state index in [4.69, 9.17) is 0 Å². The van der Waals surface area contributed by atoms with Crippen LogP contribution in [0, 0.1) is 17.7 Å². The van der Waals surface area contributed by atoms with Gasteiger partial charge in [0.2, 0.25) is 15.9 Å². The lowest BCUT2D eigenvalue weighted by Gasteiger charge is -2.39. The maximum atomic E-state index is 13.1. The Kier molecular flexibility index (Phi) is 6.96. The van der Waals surface area contributed by atoms with Crippen molar-refractivity contribution in [3.63, 3.8) is 0 Å². The Morgan fingerprint density at radius 2 is 1.72 bits per heavy atom. The SMILES string of the molecule is C[C@H]1[C@@H](NC(=O)[C@@H](C)N2CCN(S(=O)(=O)c3ccc(F)cc3)CC2)CCC[C@@H]1C. The summed E-state index contributed by atoms with van der Waals surface area (Å²) in [5.74, 6) is 0.642. The van der Waals surface area contributed by atoms with Gasteiger partial charge in [-0.25, -0.2) is 12.8 Å². The normalized spacial score (nSPS) is 28.1. The minimum Gasteiger partial charge on any atom is -0.352 e. The van der Waals surface area contributed by atoms with Crippen molar-refractivity contribution in [2.75, 3.05) is 26.2 Å². The van der Waals surface area contributed by atoms with Gasteiger partial charge in [-0.1, -0.05) is 26.7 Å². The van der Waals surface area contributed by atoms with Crippen LogP contribution in [0.4, 0.5) is 4.39 Å². The minimum absolute atomic E-state index is 0.0193. The number of nitrogens with zero attached hydrogens (tertiary/aromatic N) is 2. The molecule has 1 aromatic carbocycles. The molecule has 6 nitrogen and oxygen atoms in total. The summed E-state index contributed by atoms with van der Waals surface area (Å²) >= 11 is 0. The number of rotatable bonds is 5. The van der Waals surface area contributed by atoms with Crippen LogP contribution in [-0.4, -0.2) is 61.8 Å². The molecule has 1 aromatic rings. The van der Waals surface area contributed by atoms with Crippen LogP contribution in [0.15, 0.2) is 29.2 Å². The lowest BCUT2D eigenvalue weighted by molar-refractivity contribution is -0.127. The van der Waals surface area contributed by atoms with Gasteiger partial charge in [0, 0.05) is 32.2 Å². The van der Waals surface area contributed by atoms with Gasteiger partial charge in [-0.15, -0.1) is 0 Å². The second-order valence-electron chi connectivity index (χ2n) is 8.45. The summed E-state index contributed by atoms with van der Waals surface area (Å²) in [6, 6.07) is 4.81. The second-order valence-corrected chi connectivity index (χ2v) is 10.4. The molecule has 1 saturated heterocycles. The monoisotopic (exact) mass is 425 g/mol. The van der Waals surface area contributed by atoms with E-state index in [9.17, 15) is 17.6 Å². The fraction of sp³-hybridized carbons (Fsp3) is 0.667. The zero-order valence-electron chi connectivity index (χ0n) is 17.5. The topological polar surface area (TPSA) is 69.7 Å². The van der Waals surface area contributed by atoms with Crippen LogP contribution in [0.3, 0.4) is 0 Å². The number of carbonyl (C=O) groups is 1. The zero-order valence-corrected chi connectivity index (χ0v) is 18.3. The highest BCUT2D eigenvalue weighted by Gasteiger charge is 2.34. The van der Waals surface area contributed by atoms with Gasteiger partial charge in [-0.05, 0) is 49.4 Å². The summed E-state index contributed by atoms with van der Waals surface area (Å²) in [4.78, 5) is 14.9. The Bertz CT molecular complexity index is 807. The average molecular weight is 426 g/mol. The molecule has 1 saturated carbocycles. The van der Waals surface area contributed by atoms with E-state index in [1.807, 2.05) is 11.8 Å². The molecule has 2 fully saturated rings. The quantitative estimate of drug-likeness (QED) is 0.787. The van der Waals surface area contributed by atoms with Crippen molar-refractivity contribution >= 4 is 15.9 Å². The molecule has 3 rings (SSSR count). The summed E-state index contributed by atoms with van der Waals surface area (Å²) in [5.41, 5.74) is 0. The van der Waals surface area contributed by atoms with Crippen molar-refractivity contribution in [1.82, 2.24) is 14.5 Å². The van der Waals surface area contributed by atoms with Crippen LogP contribution < -0.4 is 5.32 Å². The van der Waals surface area contributed by atoms with Crippen LogP contribution in [0.1, 0.15) is 40.0 Å². The number of carbonyl (C=O) groups excluding carboxylic acids is 1. The van der Waals surface area contributed by atoms with Gasteiger partial charge in [0.1, 0.15) is 5.82 Å². The lowest BCUT2D eigenvalue weighted by atomic mass is 9.78. The van der Waals surface area contributed by atoms with Gasteiger partial charge in [0.15, 0.2) is 0 Å². The molecule has 0 bridgehead atoms. The molecule has 8 heteroatoms. The molecule has 1 heterocycles. The summed E-state index contributed by atoms with van der Waals surface area (Å²) in [6.45, 7) is 7.95. The van der Waals surface area contributed by atoms with E-state index in [0.29, 0.717) is 38.0 Å². The smallest absolute Gasteiger partial charge is 0.243 e. The number of hydrogen-bond acceptors (Lipinski definition) is 4. The molecule has 0 spiro atoms. The molecule has 1 aliphatic heterocycles. The first-order chi connectivity index (χ1) is 13.7. The molecule has 0 unspecified atom stereocenters. The zero-order chi connectivity index (χ0) is 21.2. The van der Waals surface area contributed by atoms with Crippen LogP contribution in [0.2, 0.25) is 0 Å². The first-order valence-electron chi connectivity index (χ1n) is 10.5. The van der Waals surface area contributed by atoms with Crippen molar-refractivity contribution < 1.29 is 17.6 Å². The molecule has 0 aromatic heterocycles. The van der Waals surface area contributed by atoms with Crippen LogP contribution >= 0.6 is 0 Å². The van der Waals surface area contributed by atoms with E-state index in [1.54, 1.807) is 0 Å². The fourth-order valence-electron chi connectivity index (χ4n) is 4.34. The number of amides is 1. The average Bonchev–Trinajstić information content (AvgIpc) is 2.71. The molecule has 1 N–H and O–H groups in total. The Labute approximate surface area is 173 Å². The van der Waals surface area contributed by atoms with E-state index in [0.717, 1.165) is 25.0 Å². The van der Waals surface area contributed by atoms with Gasteiger partial charge in [-0.2, -0.15) is 4.31 Å². The van der Waals surface area contributed by atoms with Crippen molar-refractivity contribution in [3.8, 4) is 0 Å². The largest absolute Gasteiger partial charge is 0.352 e. The molecule has 29 heavy (non-hydrogen) atoms. The van der Waals surface area contributed by atoms with Gasteiger partial charge in [0.25, 0.3) is 0 Å². The van der Waals surface area contributed by atoms with Crippen LogP contribution in [0.25, 0.3) is 0 Å². The van der Waals surface area contributed by atoms with Crippen molar-refractivity contribution in [2.45, 2.75) is 57.0 Å². The highest BCUT2D eigenvalue weighted by Crippen LogP contribution is 2.29. The second kappa shape index (κ2) is 9.10. The number of hydrogen-bond donors (Lipinski definition) is 1. The Balaban J connectivity index is 1.55. The maximum absolute atomic E-state index is 13.1. The van der Waals surface area contributed by atoms with Crippen LogP contribution in [-0.2, 0) is 14.8 Å². The summed E-state index contributed by atoms with van der Waals surface area (Å²) in [5, 5.41) is 3.22. The van der Waals surface area contributed by atoms with Gasteiger partial charge in [-0.3, -0.25) is 9.69 Å². The van der Waals surface area contributed by atoms with Crippen LogP contribution in [0.5, 0.6) is 0 Å². The molecular formula is C21H32FN3O3S. The number of halogens is 1. The first kappa shape index (κ1) is 22.2. The highest BCUT2D eigenvalue weighted by atomic mass is 32.2. The van der Waals surface area contributed by atoms with Crippen molar-refractivity contribution in [1.29, 1.82) is 0 Å². The first-order valence-corrected chi connectivity index (χ1v) is 11.9. The molecule has 2 aliphatic rings. The number of sulfonamides is 1. The summed E-state index contributed by atoms with van der Waals surface area (Å²) < 4.78 is 40.0. The number of benzene rings is 1. The maximum Gasteiger partial charge on any atom is 0.243 e. The minimum atomic E-state index is -3.64. The Morgan fingerprint density at radius 1 is 1.10 bits per heavy atom. The third kappa shape index (κ3) is 4.98. The number of piperazine rings is 1. The molecule has 1 aliphatic carbocycles. The molecule has 4 atom stereocenters. The summed E-state index contributed by atoms with van der Waals surface area (Å²) in [7, 11) is -3.64. The standard InChI is InChI=1S/C21H32FN3O3S/c1-15-5-4-6-20(16(15)2)23-21(26)17(3)24-11-13-25(14-12-24)29(27,28)19-9-7-18(22)8-10-19/h7-10,15-17,20H,4-6,11-14H2,1-3H3,(H,23,26)/t15-,16+,17+,20-/m0/s1. The van der Waals surface area contributed by atoms with E-state index < -0.39 is 15.8 Å². The molecule has 0 radical (unpaired) electrons. The number of nitrogens with one attached hydrogen (secondary N) is 1. The third-order valence-corrected chi connectivity index (χ3v) is 8.60. The fourth-order valence-corrected chi connectivity index (χ4v) is 5.76. The Morgan fingerprint density at radius 3 is 2.34 bits per heavy atom.